The lowest BCUT2D eigenvalue weighted by Gasteiger charge is -2.18. The third-order valence-corrected chi connectivity index (χ3v) is 3.40. The van der Waals surface area contributed by atoms with Crippen molar-refractivity contribution in [2.24, 2.45) is 11.7 Å². The van der Waals surface area contributed by atoms with Gasteiger partial charge in [-0.25, -0.2) is 0 Å². The average molecular weight is 298 g/mol. The number of nitrogens with two attached hydrogens (primary N) is 1. The highest BCUT2D eigenvalue weighted by Gasteiger charge is 2.24. The first-order chi connectivity index (χ1) is 9.13. The molecule has 0 saturated heterocycles. The second-order valence-corrected chi connectivity index (χ2v) is 4.78. The molecule has 1 unspecified atom stereocenters. The summed E-state index contributed by atoms with van der Waals surface area (Å²) in [7, 11) is 0. The summed E-state index contributed by atoms with van der Waals surface area (Å²) in [5.41, 5.74) is 7.54. The number of halogens is 1. The highest BCUT2D eigenvalue weighted by Crippen LogP contribution is 2.27. The number of fused-ring (bicyclic) bond motifs is 1. The molecule has 5 nitrogen and oxygen atoms in total. The lowest BCUT2D eigenvalue weighted by molar-refractivity contribution is -0.127. The number of nitrogens with one attached hydrogen (secondary N) is 1. The van der Waals surface area contributed by atoms with Gasteiger partial charge in [0, 0.05) is 24.7 Å². The van der Waals surface area contributed by atoms with Crippen LogP contribution in [0.4, 0.5) is 5.69 Å². The first-order valence-corrected chi connectivity index (χ1v) is 6.49. The van der Waals surface area contributed by atoms with Crippen LogP contribution in [-0.4, -0.2) is 31.4 Å². The predicted octanol–water partition coefficient (Wildman–Crippen LogP) is 0.709. The number of hydrogen-bond donors (Lipinski definition) is 2. The normalized spacial score (nSPS) is 14.2. The molecule has 2 amide bonds. The van der Waals surface area contributed by atoms with Crippen molar-refractivity contribution in [3.8, 4) is 0 Å². The van der Waals surface area contributed by atoms with Gasteiger partial charge in [-0.05, 0) is 18.1 Å². The van der Waals surface area contributed by atoms with Gasteiger partial charge in [0.05, 0.1) is 6.54 Å². The Morgan fingerprint density at radius 1 is 1.40 bits per heavy atom. The molecular weight excluding hydrogens is 278 g/mol. The number of nitrogens with zero attached hydrogens (tertiary/aromatic N) is 1. The molecule has 2 rings (SSSR count). The van der Waals surface area contributed by atoms with Crippen LogP contribution in [0.2, 0.25) is 0 Å². The summed E-state index contributed by atoms with van der Waals surface area (Å²) < 4.78 is 0. The van der Waals surface area contributed by atoms with Gasteiger partial charge in [-0.3, -0.25) is 9.59 Å². The van der Waals surface area contributed by atoms with Crippen molar-refractivity contribution in [1.82, 2.24) is 5.32 Å². The van der Waals surface area contributed by atoms with Crippen molar-refractivity contribution in [1.29, 1.82) is 0 Å². The first kappa shape index (κ1) is 16.5. The Morgan fingerprint density at radius 3 is 2.80 bits per heavy atom. The van der Waals surface area contributed by atoms with E-state index >= 15 is 0 Å². The van der Waals surface area contributed by atoms with Crippen molar-refractivity contribution >= 4 is 29.9 Å². The van der Waals surface area contributed by atoms with Crippen LogP contribution >= 0.6 is 12.4 Å². The van der Waals surface area contributed by atoms with E-state index in [9.17, 15) is 9.59 Å². The van der Waals surface area contributed by atoms with E-state index in [1.807, 2.05) is 24.3 Å². The monoisotopic (exact) mass is 297 g/mol. The summed E-state index contributed by atoms with van der Waals surface area (Å²) in [6.07, 6.45) is 0.870. The van der Waals surface area contributed by atoms with E-state index in [1.54, 1.807) is 11.8 Å². The topological polar surface area (TPSA) is 75.4 Å². The average Bonchev–Trinajstić information content (AvgIpc) is 2.87. The molecule has 0 saturated carbocycles. The fraction of sp³-hybridized carbons (Fsp3) is 0.429. The van der Waals surface area contributed by atoms with Gasteiger partial charge in [-0.15, -0.1) is 12.4 Å². The number of hydrogen-bond acceptors (Lipinski definition) is 3. The van der Waals surface area contributed by atoms with Gasteiger partial charge in [-0.1, -0.05) is 25.1 Å². The van der Waals surface area contributed by atoms with Crippen molar-refractivity contribution in [2.75, 3.05) is 24.5 Å². The standard InChI is InChI=1S/C14H19N3O2.ClH/c1-10(8-15)14(19)16-9-13(18)17-7-6-11-4-2-3-5-12(11)17;/h2-5,10H,6-9,15H2,1H3,(H,16,19);1H. The molecule has 1 aliphatic heterocycles. The molecule has 0 aromatic heterocycles. The van der Waals surface area contributed by atoms with Crippen LogP contribution in [-0.2, 0) is 16.0 Å². The van der Waals surface area contributed by atoms with E-state index in [4.69, 9.17) is 5.73 Å². The Labute approximate surface area is 124 Å². The minimum Gasteiger partial charge on any atom is -0.347 e. The third kappa shape index (κ3) is 3.49. The number of para-hydroxylation sites is 1. The van der Waals surface area contributed by atoms with E-state index in [2.05, 4.69) is 5.32 Å². The predicted molar refractivity (Wildman–Crippen MR) is 81.0 cm³/mol. The van der Waals surface area contributed by atoms with E-state index in [0.717, 1.165) is 12.1 Å². The van der Waals surface area contributed by atoms with Gasteiger partial charge >= 0.3 is 0 Å². The molecule has 0 fully saturated rings. The molecule has 20 heavy (non-hydrogen) atoms. The van der Waals surface area contributed by atoms with Crippen LogP contribution in [0.5, 0.6) is 0 Å². The Bertz CT molecular complexity index is 493. The van der Waals surface area contributed by atoms with E-state index in [-0.39, 0.29) is 43.2 Å². The third-order valence-electron chi connectivity index (χ3n) is 3.40. The Morgan fingerprint density at radius 2 is 2.10 bits per heavy atom. The van der Waals surface area contributed by atoms with Crippen LogP contribution < -0.4 is 16.0 Å². The molecule has 0 aliphatic carbocycles. The van der Waals surface area contributed by atoms with Crippen LogP contribution in [0.1, 0.15) is 12.5 Å². The zero-order chi connectivity index (χ0) is 13.8. The number of amides is 2. The molecule has 0 radical (unpaired) electrons. The number of anilines is 1. The highest BCUT2D eigenvalue weighted by atomic mass is 35.5. The summed E-state index contributed by atoms with van der Waals surface area (Å²) in [5.74, 6) is -0.524. The molecule has 3 N–H and O–H groups in total. The van der Waals surface area contributed by atoms with Crippen LogP contribution in [0.25, 0.3) is 0 Å². The quantitative estimate of drug-likeness (QED) is 0.859. The van der Waals surface area contributed by atoms with Crippen LogP contribution in [0.15, 0.2) is 24.3 Å². The lowest BCUT2D eigenvalue weighted by Crippen LogP contribution is -2.42. The Kier molecular flexibility index (Phi) is 5.98. The van der Waals surface area contributed by atoms with Crippen molar-refractivity contribution in [2.45, 2.75) is 13.3 Å². The number of carbonyl (C=O) groups excluding carboxylic acids is 2. The van der Waals surface area contributed by atoms with E-state index in [1.165, 1.54) is 5.56 Å². The highest BCUT2D eigenvalue weighted by molar-refractivity contribution is 5.98. The lowest BCUT2D eigenvalue weighted by atomic mass is 10.1. The van der Waals surface area contributed by atoms with Gasteiger partial charge < -0.3 is 16.0 Å². The fourth-order valence-electron chi connectivity index (χ4n) is 2.14. The molecule has 1 aliphatic rings. The maximum absolute atomic E-state index is 12.1. The largest absolute Gasteiger partial charge is 0.347 e. The van der Waals surface area contributed by atoms with E-state index in [0.29, 0.717) is 6.54 Å². The number of benzene rings is 1. The van der Waals surface area contributed by atoms with Gasteiger partial charge in [0.15, 0.2) is 0 Å². The number of carbonyl (C=O) groups is 2. The molecule has 0 bridgehead atoms. The molecule has 110 valence electrons. The van der Waals surface area contributed by atoms with Crippen molar-refractivity contribution in [3.63, 3.8) is 0 Å². The summed E-state index contributed by atoms with van der Waals surface area (Å²) in [5, 5.41) is 2.63. The van der Waals surface area contributed by atoms with E-state index < -0.39 is 0 Å². The maximum Gasteiger partial charge on any atom is 0.246 e. The van der Waals surface area contributed by atoms with Gasteiger partial charge in [0.1, 0.15) is 0 Å². The molecule has 1 aromatic carbocycles. The minimum absolute atomic E-state index is 0. The molecular formula is C14H20ClN3O2. The first-order valence-electron chi connectivity index (χ1n) is 6.49. The SMILES string of the molecule is CC(CN)C(=O)NCC(=O)N1CCc2ccccc21.Cl. The van der Waals surface area contributed by atoms with Crippen molar-refractivity contribution in [3.05, 3.63) is 29.8 Å². The van der Waals surface area contributed by atoms with Crippen LogP contribution in [0, 0.1) is 5.92 Å². The summed E-state index contributed by atoms with van der Waals surface area (Å²) in [4.78, 5) is 25.4. The maximum atomic E-state index is 12.1. The molecule has 1 heterocycles. The smallest absolute Gasteiger partial charge is 0.246 e. The second kappa shape index (κ2) is 7.26. The van der Waals surface area contributed by atoms with Crippen LogP contribution in [0.3, 0.4) is 0 Å². The van der Waals surface area contributed by atoms with Gasteiger partial charge in [0.25, 0.3) is 0 Å². The molecule has 0 spiro atoms. The fourth-order valence-corrected chi connectivity index (χ4v) is 2.14. The minimum atomic E-state index is -0.265. The molecule has 1 aromatic rings. The zero-order valence-corrected chi connectivity index (χ0v) is 12.3. The number of rotatable bonds is 4. The van der Waals surface area contributed by atoms with Gasteiger partial charge in [0.2, 0.25) is 11.8 Å². The molecule has 1 atom stereocenters. The summed E-state index contributed by atoms with van der Waals surface area (Å²) in [6, 6.07) is 7.85. The Hall–Kier alpha value is -1.59. The van der Waals surface area contributed by atoms with Gasteiger partial charge in [-0.2, -0.15) is 0 Å². The van der Waals surface area contributed by atoms with Crippen molar-refractivity contribution < 1.29 is 9.59 Å². The molecule has 6 heteroatoms. The summed E-state index contributed by atoms with van der Waals surface area (Å²) >= 11 is 0. The summed E-state index contributed by atoms with van der Waals surface area (Å²) in [6.45, 7) is 2.73. The zero-order valence-electron chi connectivity index (χ0n) is 11.5. The second-order valence-electron chi connectivity index (χ2n) is 4.78. The Balaban J connectivity index is 0.00000200.